The number of anilines is 1. The zero-order valence-electron chi connectivity index (χ0n) is 19.0. The Bertz CT molecular complexity index is 1140. The van der Waals surface area contributed by atoms with Crippen LogP contribution >= 0.6 is 23.2 Å². The molecule has 1 saturated heterocycles. The van der Waals surface area contributed by atoms with Crippen molar-refractivity contribution in [3.63, 3.8) is 0 Å². The molecule has 2 N–H and O–H groups in total. The van der Waals surface area contributed by atoms with Gasteiger partial charge in [-0.3, -0.25) is 9.59 Å². The van der Waals surface area contributed by atoms with Gasteiger partial charge in [0.1, 0.15) is 0 Å². The highest BCUT2D eigenvalue weighted by Crippen LogP contribution is 2.27. The van der Waals surface area contributed by atoms with Gasteiger partial charge < -0.3 is 10.6 Å². The molecule has 1 unspecified atom stereocenters. The molecule has 0 spiro atoms. The molecule has 3 rings (SSSR count). The Morgan fingerprint density at radius 1 is 1.12 bits per heavy atom. The number of hydrogen-bond donors (Lipinski definition) is 2. The molecule has 1 heterocycles. The van der Waals surface area contributed by atoms with Crippen molar-refractivity contribution < 1.29 is 18.0 Å². The first-order valence-corrected chi connectivity index (χ1v) is 13.7. The smallest absolute Gasteiger partial charge is 0.253 e. The zero-order chi connectivity index (χ0) is 24.7. The second kappa shape index (κ2) is 12.0. The van der Waals surface area contributed by atoms with Crippen molar-refractivity contribution in [1.82, 2.24) is 9.62 Å². The molecular formula is C24H29Cl2N3O4S. The van der Waals surface area contributed by atoms with E-state index in [-0.39, 0.29) is 24.1 Å². The third kappa shape index (κ3) is 6.95. The van der Waals surface area contributed by atoms with E-state index in [9.17, 15) is 18.0 Å². The quantitative estimate of drug-likeness (QED) is 0.463. The van der Waals surface area contributed by atoms with Gasteiger partial charge in [0.05, 0.1) is 33.0 Å². The summed E-state index contributed by atoms with van der Waals surface area (Å²) in [6, 6.07) is 11.5. The molecule has 1 fully saturated rings. The fraction of sp³-hybridized carbons (Fsp3) is 0.417. The van der Waals surface area contributed by atoms with E-state index in [2.05, 4.69) is 10.6 Å². The van der Waals surface area contributed by atoms with E-state index in [0.717, 1.165) is 12.8 Å². The van der Waals surface area contributed by atoms with Crippen LogP contribution in [-0.4, -0.2) is 44.2 Å². The molecule has 10 heteroatoms. The largest absolute Gasteiger partial charge is 0.352 e. The Morgan fingerprint density at radius 3 is 2.62 bits per heavy atom. The molecule has 184 valence electrons. The van der Waals surface area contributed by atoms with E-state index in [1.807, 2.05) is 6.92 Å². The van der Waals surface area contributed by atoms with Gasteiger partial charge in [-0.05, 0) is 49.1 Å². The topological polar surface area (TPSA) is 95.6 Å². The van der Waals surface area contributed by atoms with E-state index in [0.29, 0.717) is 52.8 Å². The van der Waals surface area contributed by atoms with Crippen molar-refractivity contribution in [2.24, 2.45) is 5.92 Å². The van der Waals surface area contributed by atoms with Gasteiger partial charge in [-0.1, -0.05) is 54.7 Å². The van der Waals surface area contributed by atoms with E-state index in [1.165, 1.54) is 10.4 Å². The molecule has 1 aliphatic heterocycles. The van der Waals surface area contributed by atoms with Crippen molar-refractivity contribution >= 4 is 50.7 Å². The molecular weight excluding hydrogens is 497 g/mol. The number of nitrogens with one attached hydrogen (secondary N) is 2. The molecule has 2 aromatic carbocycles. The Kier molecular flexibility index (Phi) is 9.36. The number of piperidine rings is 1. The van der Waals surface area contributed by atoms with Crippen LogP contribution in [-0.2, 0) is 20.6 Å². The summed E-state index contributed by atoms with van der Waals surface area (Å²) < 4.78 is 27.4. The van der Waals surface area contributed by atoms with Crippen molar-refractivity contribution in [2.75, 3.05) is 25.0 Å². The number of hydrogen-bond acceptors (Lipinski definition) is 4. The van der Waals surface area contributed by atoms with Gasteiger partial charge in [0, 0.05) is 19.6 Å². The number of carbonyl (C=O) groups is 2. The Hall–Kier alpha value is -2.13. The van der Waals surface area contributed by atoms with Crippen LogP contribution in [0.5, 0.6) is 0 Å². The third-order valence-electron chi connectivity index (χ3n) is 5.73. The summed E-state index contributed by atoms with van der Waals surface area (Å²) in [5.41, 5.74) is 1.33. The number of unbranched alkanes of at least 4 members (excludes halogenated alkanes) is 1. The molecule has 2 amide bonds. The summed E-state index contributed by atoms with van der Waals surface area (Å²) in [5, 5.41) is 6.34. The lowest BCUT2D eigenvalue weighted by Crippen LogP contribution is -2.44. The average molecular weight is 526 g/mol. The fourth-order valence-electron chi connectivity index (χ4n) is 3.84. The van der Waals surface area contributed by atoms with Gasteiger partial charge in [-0.15, -0.1) is 0 Å². The van der Waals surface area contributed by atoms with Crippen LogP contribution in [0.25, 0.3) is 0 Å². The molecule has 7 nitrogen and oxygen atoms in total. The van der Waals surface area contributed by atoms with Crippen LogP contribution < -0.4 is 10.6 Å². The van der Waals surface area contributed by atoms with Gasteiger partial charge in [0.25, 0.3) is 5.91 Å². The standard InChI is InChI=1S/C24H29Cl2N3O4S/c1-2-3-12-27-24(31)19-8-4-5-9-22(19)28-23(30)18-7-6-13-29(15-18)34(32,33)16-17-10-11-20(25)21(26)14-17/h4-5,8-11,14,18H,2-3,6-7,12-13,15-16H2,1H3,(H,27,31)(H,28,30). The van der Waals surface area contributed by atoms with Crippen LogP contribution in [0, 0.1) is 5.92 Å². The maximum Gasteiger partial charge on any atom is 0.253 e. The molecule has 1 aliphatic rings. The summed E-state index contributed by atoms with van der Waals surface area (Å²) in [6.45, 7) is 3.04. The first kappa shape index (κ1) is 26.5. The predicted molar refractivity (Wildman–Crippen MR) is 136 cm³/mol. The molecule has 0 bridgehead atoms. The van der Waals surface area contributed by atoms with Crippen molar-refractivity contribution in [3.05, 3.63) is 63.6 Å². The average Bonchev–Trinajstić information content (AvgIpc) is 2.82. The minimum absolute atomic E-state index is 0.0837. The van der Waals surface area contributed by atoms with Gasteiger partial charge >= 0.3 is 0 Å². The maximum absolute atomic E-state index is 13.0. The van der Waals surface area contributed by atoms with Crippen LogP contribution in [0.1, 0.15) is 48.5 Å². The molecule has 0 radical (unpaired) electrons. The number of amides is 2. The number of halogens is 2. The van der Waals surface area contributed by atoms with Gasteiger partial charge in [-0.25, -0.2) is 12.7 Å². The SMILES string of the molecule is CCCCNC(=O)c1ccccc1NC(=O)C1CCCN(S(=O)(=O)Cc2ccc(Cl)c(Cl)c2)C1. The van der Waals surface area contributed by atoms with E-state index >= 15 is 0 Å². The van der Waals surface area contributed by atoms with Gasteiger partial charge in [0.15, 0.2) is 0 Å². The monoisotopic (exact) mass is 525 g/mol. The first-order valence-electron chi connectivity index (χ1n) is 11.3. The van der Waals surface area contributed by atoms with Crippen LogP contribution in [0.15, 0.2) is 42.5 Å². The zero-order valence-corrected chi connectivity index (χ0v) is 21.3. The number of carbonyl (C=O) groups excluding carboxylic acids is 2. The molecule has 0 aliphatic carbocycles. The highest BCUT2D eigenvalue weighted by atomic mass is 35.5. The molecule has 1 atom stereocenters. The molecule has 0 aromatic heterocycles. The Morgan fingerprint density at radius 2 is 1.88 bits per heavy atom. The summed E-state index contributed by atoms with van der Waals surface area (Å²) >= 11 is 11.9. The number of rotatable bonds is 9. The summed E-state index contributed by atoms with van der Waals surface area (Å²) in [5.74, 6) is -1.30. The highest BCUT2D eigenvalue weighted by Gasteiger charge is 2.33. The number of nitrogens with zero attached hydrogens (tertiary/aromatic N) is 1. The van der Waals surface area contributed by atoms with Gasteiger partial charge in [-0.2, -0.15) is 0 Å². The predicted octanol–water partition coefficient (Wildman–Crippen LogP) is 4.70. The van der Waals surface area contributed by atoms with Crippen molar-refractivity contribution in [2.45, 2.75) is 38.4 Å². The van der Waals surface area contributed by atoms with E-state index in [1.54, 1.807) is 36.4 Å². The van der Waals surface area contributed by atoms with Crippen LogP contribution in [0.2, 0.25) is 10.0 Å². The normalized spacial score (nSPS) is 16.7. The number of sulfonamides is 1. The van der Waals surface area contributed by atoms with Gasteiger partial charge in [0.2, 0.25) is 15.9 Å². The lowest BCUT2D eigenvalue weighted by molar-refractivity contribution is -0.120. The second-order valence-corrected chi connectivity index (χ2v) is 11.1. The lowest BCUT2D eigenvalue weighted by Gasteiger charge is -2.31. The second-order valence-electron chi connectivity index (χ2n) is 8.35. The lowest BCUT2D eigenvalue weighted by atomic mass is 9.98. The Labute approximate surface area is 210 Å². The van der Waals surface area contributed by atoms with Crippen LogP contribution in [0.3, 0.4) is 0 Å². The molecule has 34 heavy (non-hydrogen) atoms. The van der Waals surface area contributed by atoms with Crippen LogP contribution in [0.4, 0.5) is 5.69 Å². The minimum Gasteiger partial charge on any atom is -0.352 e. The third-order valence-corrected chi connectivity index (χ3v) is 8.28. The summed E-state index contributed by atoms with van der Waals surface area (Å²) in [6.07, 6.45) is 2.97. The maximum atomic E-state index is 13.0. The Balaban J connectivity index is 1.67. The summed E-state index contributed by atoms with van der Waals surface area (Å²) in [4.78, 5) is 25.6. The minimum atomic E-state index is -3.65. The van der Waals surface area contributed by atoms with E-state index < -0.39 is 15.9 Å². The van der Waals surface area contributed by atoms with E-state index in [4.69, 9.17) is 23.2 Å². The first-order chi connectivity index (χ1) is 16.2. The fourth-order valence-corrected chi connectivity index (χ4v) is 5.76. The van der Waals surface area contributed by atoms with Crippen molar-refractivity contribution in [1.29, 1.82) is 0 Å². The number of benzene rings is 2. The number of para-hydroxylation sites is 1. The summed E-state index contributed by atoms with van der Waals surface area (Å²) in [7, 11) is -3.65. The molecule has 2 aromatic rings. The van der Waals surface area contributed by atoms with Crippen molar-refractivity contribution in [3.8, 4) is 0 Å². The highest BCUT2D eigenvalue weighted by molar-refractivity contribution is 7.88. The molecule has 0 saturated carbocycles.